The van der Waals surface area contributed by atoms with Crippen molar-refractivity contribution < 1.29 is 4.79 Å². The predicted octanol–water partition coefficient (Wildman–Crippen LogP) is 2.66. The van der Waals surface area contributed by atoms with Gasteiger partial charge in [-0.1, -0.05) is 26.0 Å². The van der Waals surface area contributed by atoms with E-state index in [1.54, 1.807) is 4.90 Å². The summed E-state index contributed by atoms with van der Waals surface area (Å²) in [7, 11) is 1.81. The van der Waals surface area contributed by atoms with Crippen LogP contribution < -0.4 is 11.1 Å². The minimum atomic E-state index is -0.0789. The highest BCUT2D eigenvalue weighted by Crippen LogP contribution is 2.11. The quantitative estimate of drug-likeness (QED) is 0.843. The van der Waals surface area contributed by atoms with E-state index in [0.29, 0.717) is 12.5 Å². The van der Waals surface area contributed by atoms with E-state index in [-0.39, 0.29) is 6.03 Å². The number of nitrogens with zero attached hydrogens (tertiary/aromatic N) is 1. The van der Waals surface area contributed by atoms with Gasteiger partial charge in [0.2, 0.25) is 0 Å². The second-order valence-corrected chi connectivity index (χ2v) is 4.94. The molecule has 0 radical (unpaired) electrons. The lowest BCUT2D eigenvalue weighted by Crippen LogP contribution is -2.32. The number of amides is 2. The summed E-state index contributed by atoms with van der Waals surface area (Å²) in [5, 5.41) is 2.87. The molecular formula is C14H23N3O. The number of hydrogen-bond acceptors (Lipinski definition) is 2. The Morgan fingerprint density at radius 2 is 2.17 bits per heavy atom. The van der Waals surface area contributed by atoms with Gasteiger partial charge >= 0.3 is 6.03 Å². The molecular weight excluding hydrogens is 226 g/mol. The van der Waals surface area contributed by atoms with Crippen LogP contribution >= 0.6 is 0 Å². The molecule has 0 aliphatic rings. The van der Waals surface area contributed by atoms with Crippen molar-refractivity contribution in [3.8, 4) is 0 Å². The van der Waals surface area contributed by atoms with Crippen LogP contribution in [0.2, 0.25) is 0 Å². The fourth-order valence-electron chi connectivity index (χ4n) is 1.55. The molecule has 3 N–H and O–H groups in total. The Labute approximate surface area is 109 Å². The molecule has 2 amide bonds. The summed E-state index contributed by atoms with van der Waals surface area (Å²) in [4.78, 5) is 13.6. The highest BCUT2D eigenvalue weighted by Gasteiger charge is 2.09. The van der Waals surface area contributed by atoms with Crippen LogP contribution in [0.3, 0.4) is 0 Å². The van der Waals surface area contributed by atoms with Crippen LogP contribution in [0.15, 0.2) is 24.3 Å². The molecule has 1 aromatic rings. The van der Waals surface area contributed by atoms with Gasteiger partial charge in [-0.25, -0.2) is 4.79 Å². The van der Waals surface area contributed by atoms with Crippen molar-refractivity contribution in [1.29, 1.82) is 0 Å². The first-order valence-corrected chi connectivity index (χ1v) is 6.34. The van der Waals surface area contributed by atoms with Crippen LogP contribution in [0.4, 0.5) is 10.5 Å². The van der Waals surface area contributed by atoms with E-state index in [1.165, 1.54) is 0 Å². The van der Waals surface area contributed by atoms with E-state index in [2.05, 4.69) is 19.2 Å². The largest absolute Gasteiger partial charge is 0.328 e. The molecule has 0 aromatic heterocycles. The Balaban J connectivity index is 2.52. The number of nitrogens with one attached hydrogen (secondary N) is 1. The van der Waals surface area contributed by atoms with Gasteiger partial charge < -0.3 is 16.0 Å². The zero-order valence-electron chi connectivity index (χ0n) is 11.4. The first kappa shape index (κ1) is 14.5. The molecule has 4 heteroatoms. The second kappa shape index (κ2) is 7.01. The summed E-state index contributed by atoms with van der Waals surface area (Å²) in [5.74, 6) is 0.598. The number of anilines is 1. The molecule has 0 fully saturated rings. The maximum absolute atomic E-state index is 11.9. The molecule has 0 spiro atoms. The lowest BCUT2D eigenvalue weighted by Gasteiger charge is -2.19. The molecule has 0 unspecified atom stereocenters. The first-order valence-electron chi connectivity index (χ1n) is 6.34. The fourth-order valence-corrected chi connectivity index (χ4v) is 1.55. The van der Waals surface area contributed by atoms with Crippen LogP contribution in [0.25, 0.3) is 0 Å². The van der Waals surface area contributed by atoms with Crippen LogP contribution in [0.1, 0.15) is 25.8 Å². The van der Waals surface area contributed by atoms with Gasteiger partial charge in [0.15, 0.2) is 0 Å². The first-order chi connectivity index (χ1) is 8.52. The van der Waals surface area contributed by atoms with Crippen LogP contribution in [-0.2, 0) is 6.54 Å². The topological polar surface area (TPSA) is 58.4 Å². The van der Waals surface area contributed by atoms with Gasteiger partial charge in [-0.05, 0) is 30.0 Å². The van der Waals surface area contributed by atoms with Gasteiger partial charge in [-0.15, -0.1) is 0 Å². The normalized spacial score (nSPS) is 10.5. The van der Waals surface area contributed by atoms with Gasteiger partial charge in [-0.2, -0.15) is 0 Å². The Hall–Kier alpha value is -1.55. The molecule has 0 saturated carbocycles. The molecule has 1 rings (SSSR count). The molecule has 0 atom stereocenters. The zero-order chi connectivity index (χ0) is 13.5. The van der Waals surface area contributed by atoms with Gasteiger partial charge in [0, 0.05) is 25.8 Å². The average molecular weight is 249 g/mol. The summed E-state index contributed by atoms with van der Waals surface area (Å²) >= 11 is 0. The highest BCUT2D eigenvalue weighted by atomic mass is 16.2. The van der Waals surface area contributed by atoms with E-state index >= 15 is 0 Å². The number of carbonyl (C=O) groups excluding carboxylic acids is 1. The third-order valence-electron chi connectivity index (χ3n) is 2.80. The summed E-state index contributed by atoms with van der Waals surface area (Å²) in [6.07, 6.45) is 1.01. The highest BCUT2D eigenvalue weighted by molar-refractivity contribution is 5.89. The molecule has 4 nitrogen and oxygen atoms in total. The van der Waals surface area contributed by atoms with Crippen molar-refractivity contribution >= 4 is 11.7 Å². The van der Waals surface area contributed by atoms with E-state index in [1.807, 2.05) is 31.3 Å². The van der Waals surface area contributed by atoms with Crippen molar-refractivity contribution in [3.05, 3.63) is 29.8 Å². The molecule has 0 heterocycles. The number of rotatable bonds is 5. The van der Waals surface area contributed by atoms with Gasteiger partial charge in [-0.3, -0.25) is 0 Å². The van der Waals surface area contributed by atoms with Crippen molar-refractivity contribution in [2.24, 2.45) is 11.7 Å². The Kier molecular flexibility index (Phi) is 5.65. The lowest BCUT2D eigenvalue weighted by molar-refractivity contribution is 0.220. The summed E-state index contributed by atoms with van der Waals surface area (Å²) < 4.78 is 0. The van der Waals surface area contributed by atoms with E-state index in [9.17, 15) is 4.79 Å². The third-order valence-corrected chi connectivity index (χ3v) is 2.80. The molecule has 0 saturated heterocycles. The standard InChI is InChI=1S/C14H23N3O/c1-11(2)7-8-17(3)14(18)16-13-6-4-5-12(9-13)10-15/h4-6,9,11H,7-8,10,15H2,1-3H3,(H,16,18). The molecule has 0 bridgehead atoms. The minimum Gasteiger partial charge on any atom is -0.328 e. The van der Waals surface area contributed by atoms with Gasteiger partial charge in [0.1, 0.15) is 0 Å². The van der Waals surface area contributed by atoms with E-state index in [4.69, 9.17) is 5.73 Å². The van der Waals surface area contributed by atoms with Crippen molar-refractivity contribution in [2.45, 2.75) is 26.8 Å². The van der Waals surface area contributed by atoms with Crippen LogP contribution in [0.5, 0.6) is 0 Å². The SMILES string of the molecule is CC(C)CCN(C)C(=O)Nc1cccc(CN)c1. The Morgan fingerprint density at radius 1 is 1.44 bits per heavy atom. The third kappa shape index (κ3) is 4.75. The number of urea groups is 1. The fraction of sp³-hybridized carbons (Fsp3) is 0.500. The maximum Gasteiger partial charge on any atom is 0.321 e. The van der Waals surface area contributed by atoms with E-state index < -0.39 is 0 Å². The van der Waals surface area contributed by atoms with Gasteiger partial charge in [0.05, 0.1) is 0 Å². The monoisotopic (exact) mass is 249 g/mol. The molecule has 18 heavy (non-hydrogen) atoms. The minimum absolute atomic E-state index is 0.0789. The Morgan fingerprint density at radius 3 is 2.78 bits per heavy atom. The molecule has 0 aliphatic carbocycles. The number of benzene rings is 1. The zero-order valence-corrected chi connectivity index (χ0v) is 11.4. The van der Waals surface area contributed by atoms with Crippen LogP contribution in [-0.4, -0.2) is 24.5 Å². The summed E-state index contributed by atoms with van der Waals surface area (Å²) in [6, 6.07) is 7.52. The summed E-state index contributed by atoms with van der Waals surface area (Å²) in [6.45, 7) is 5.54. The van der Waals surface area contributed by atoms with E-state index in [0.717, 1.165) is 24.2 Å². The number of hydrogen-bond donors (Lipinski definition) is 2. The van der Waals surface area contributed by atoms with Crippen molar-refractivity contribution in [1.82, 2.24) is 4.90 Å². The average Bonchev–Trinajstić information content (AvgIpc) is 2.36. The number of carbonyl (C=O) groups is 1. The predicted molar refractivity (Wildman–Crippen MR) is 75.4 cm³/mol. The van der Waals surface area contributed by atoms with Crippen LogP contribution in [0, 0.1) is 5.92 Å². The van der Waals surface area contributed by atoms with Gasteiger partial charge in [0.25, 0.3) is 0 Å². The number of nitrogens with two attached hydrogens (primary N) is 1. The molecule has 100 valence electrons. The van der Waals surface area contributed by atoms with Crippen molar-refractivity contribution in [2.75, 3.05) is 18.9 Å². The maximum atomic E-state index is 11.9. The second-order valence-electron chi connectivity index (χ2n) is 4.94. The molecule has 0 aliphatic heterocycles. The lowest BCUT2D eigenvalue weighted by atomic mass is 10.1. The summed E-state index contributed by atoms with van der Waals surface area (Å²) in [5.41, 5.74) is 7.37. The Bertz CT molecular complexity index is 390. The smallest absolute Gasteiger partial charge is 0.321 e. The molecule has 1 aromatic carbocycles. The van der Waals surface area contributed by atoms with Crippen molar-refractivity contribution in [3.63, 3.8) is 0 Å².